The van der Waals surface area contributed by atoms with Crippen LogP contribution < -0.4 is 10.5 Å². The Labute approximate surface area is 257 Å². The fourth-order valence-corrected chi connectivity index (χ4v) is 6.74. The number of anilines is 1. The van der Waals surface area contributed by atoms with Crippen LogP contribution in [-0.2, 0) is 24.4 Å². The first-order chi connectivity index (χ1) is 20.4. The van der Waals surface area contributed by atoms with Gasteiger partial charge in [-0.3, -0.25) is 24.0 Å². The summed E-state index contributed by atoms with van der Waals surface area (Å²) in [4.78, 5) is 34.1. The van der Waals surface area contributed by atoms with Crippen LogP contribution in [0.15, 0.2) is 70.4 Å². The van der Waals surface area contributed by atoms with E-state index in [0.717, 1.165) is 62.5 Å². The van der Waals surface area contributed by atoms with E-state index in [1.807, 2.05) is 49.4 Å². The second-order valence-corrected chi connectivity index (χ2v) is 12.3. The number of pyridine rings is 1. The monoisotopic (exact) mass is 597 g/mol. The molecule has 42 heavy (non-hydrogen) atoms. The van der Waals surface area contributed by atoms with Crippen molar-refractivity contribution in [3.63, 3.8) is 0 Å². The van der Waals surface area contributed by atoms with Crippen molar-refractivity contribution < 1.29 is 4.79 Å². The lowest BCUT2D eigenvalue weighted by molar-refractivity contribution is -0.122. The van der Waals surface area contributed by atoms with Gasteiger partial charge >= 0.3 is 0 Å². The minimum Gasteiger partial charge on any atom is -0.355 e. The SMILES string of the molecule is CCCCn1c(N2CCN(Cc3ccccc3)CC2)c(/C=C2\SC(=S)N(Cc3ccccc3)C2=O)c(C)c(C#N)c1=O. The summed E-state index contributed by atoms with van der Waals surface area (Å²) in [6.07, 6.45) is 3.58. The predicted molar refractivity (Wildman–Crippen MR) is 174 cm³/mol. The van der Waals surface area contributed by atoms with E-state index in [1.54, 1.807) is 9.47 Å². The first-order valence-corrected chi connectivity index (χ1v) is 15.6. The molecule has 2 fully saturated rings. The molecule has 7 nitrogen and oxygen atoms in total. The summed E-state index contributed by atoms with van der Waals surface area (Å²) >= 11 is 6.90. The Morgan fingerprint density at radius 1 is 0.952 bits per heavy atom. The number of carbonyl (C=O) groups excluding carboxylic acids is 1. The topological polar surface area (TPSA) is 72.6 Å². The smallest absolute Gasteiger partial charge is 0.270 e. The summed E-state index contributed by atoms with van der Waals surface area (Å²) in [6, 6.07) is 22.4. The maximum absolute atomic E-state index is 13.6. The predicted octanol–water partition coefficient (Wildman–Crippen LogP) is 5.55. The van der Waals surface area contributed by atoms with Crippen molar-refractivity contribution in [2.24, 2.45) is 0 Å². The van der Waals surface area contributed by atoms with E-state index in [0.29, 0.717) is 27.9 Å². The quantitative estimate of drug-likeness (QED) is 0.237. The molecule has 0 atom stereocenters. The lowest BCUT2D eigenvalue weighted by Gasteiger charge is -2.38. The number of hydrogen-bond donors (Lipinski definition) is 0. The van der Waals surface area contributed by atoms with Crippen molar-refractivity contribution in [1.82, 2.24) is 14.4 Å². The van der Waals surface area contributed by atoms with E-state index < -0.39 is 0 Å². The number of carbonyl (C=O) groups is 1. The van der Waals surface area contributed by atoms with Crippen molar-refractivity contribution >= 4 is 46.1 Å². The highest BCUT2D eigenvalue weighted by atomic mass is 32.2. The van der Waals surface area contributed by atoms with Crippen LogP contribution in [0.3, 0.4) is 0 Å². The van der Waals surface area contributed by atoms with E-state index >= 15 is 0 Å². The average molecular weight is 598 g/mol. The second-order valence-electron chi connectivity index (χ2n) is 10.7. The highest BCUT2D eigenvalue weighted by Gasteiger charge is 2.33. The molecule has 9 heteroatoms. The molecule has 216 valence electrons. The zero-order valence-corrected chi connectivity index (χ0v) is 25.7. The number of nitriles is 1. The third-order valence-corrected chi connectivity index (χ3v) is 9.21. The molecule has 0 spiro atoms. The molecule has 2 saturated heterocycles. The standard InChI is InChI=1S/C33H35N5O2S2/c1-3-4-15-37-30(36-18-16-35(17-19-36)22-25-11-7-5-8-12-25)27(24(2)28(21-34)31(37)39)20-29-32(40)38(33(41)42-29)23-26-13-9-6-10-14-26/h5-14,20H,3-4,15-19,22-23H2,1-2H3/b29-20-. The molecule has 0 aliphatic carbocycles. The van der Waals surface area contributed by atoms with Crippen molar-refractivity contribution in [2.75, 3.05) is 31.1 Å². The molecular formula is C33H35N5O2S2. The van der Waals surface area contributed by atoms with Gasteiger partial charge in [0.1, 0.15) is 21.8 Å². The lowest BCUT2D eigenvalue weighted by atomic mass is 10.0. The summed E-state index contributed by atoms with van der Waals surface area (Å²) in [5.74, 6) is 0.634. The number of thiocarbonyl (C=S) groups is 1. The van der Waals surface area contributed by atoms with Crippen LogP contribution in [0.4, 0.5) is 5.82 Å². The third kappa shape index (κ3) is 6.36. The molecule has 3 aromatic rings. The molecule has 1 amide bonds. The van der Waals surface area contributed by atoms with Crippen LogP contribution in [-0.4, -0.2) is 50.8 Å². The Hall–Kier alpha value is -3.71. The minimum absolute atomic E-state index is 0.128. The van der Waals surface area contributed by atoms with E-state index in [-0.39, 0.29) is 17.0 Å². The summed E-state index contributed by atoms with van der Waals surface area (Å²) in [7, 11) is 0. The van der Waals surface area contributed by atoms with Crippen LogP contribution in [0.5, 0.6) is 0 Å². The van der Waals surface area contributed by atoms with Crippen molar-refractivity contribution in [1.29, 1.82) is 5.26 Å². The minimum atomic E-state index is -0.265. The van der Waals surface area contributed by atoms with Crippen LogP contribution >= 0.6 is 24.0 Å². The van der Waals surface area contributed by atoms with Crippen LogP contribution in [0.2, 0.25) is 0 Å². The van der Waals surface area contributed by atoms with Gasteiger partial charge in [-0.1, -0.05) is 98.0 Å². The Bertz CT molecular complexity index is 1590. The molecule has 0 bridgehead atoms. The Morgan fingerprint density at radius 2 is 1.57 bits per heavy atom. The van der Waals surface area contributed by atoms with Gasteiger partial charge in [0.05, 0.1) is 11.4 Å². The fourth-order valence-electron chi connectivity index (χ4n) is 5.50. The number of rotatable bonds is 9. The number of benzene rings is 2. The van der Waals surface area contributed by atoms with Crippen molar-refractivity contribution in [2.45, 2.75) is 46.3 Å². The average Bonchev–Trinajstić information content (AvgIpc) is 3.27. The van der Waals surface area contributed by atoms with Crippen LogP contribution in [0, 0.1) is 18.3 Å². The molecule has 2 aliphatic rings. The number of hydrogen-bond acceptors (Lipinski definition) is 7. The Balaban J connectivity index is 1.51. The normalized spacial score (nSPS) is 16.8. The summed E-state index contributed by atoms with van der Waals surface area (Å²) in [6.45, 7) is 8.85. The Kier molecular flexibility index (Phi) is 9.58. The number of thioether (sulfide) groups is 1. The molecule has 2 aromatic carbocycles. The van der Waals surface area contributed by atoms with E-state index in [4.69, 9.17) is 12.2 Å². The summed E-state index contributed by atoms with van der Waals surface area (Å²) in [5, 5.41) is 10.0. The van der Waals surface area contributed by atoms with Gasteiger partial charge in [0.25, 0.3) is 11.5 Å². The van der Waals surface area contributed by atoms with E-state index in [9.17, 15) is 14.9 Å². The Morgan fingerprint density at radius 3 is 2.17 bits per heavy atom. The number of piperazine rings is 1. The highest BCUT2D eigenvalue weighted by Crippen LogP contribution is 2.37. The number of unbranched alkanes of at least 4 members (excludes halogenated alkanes) is 1. The van der Waals surface area contributed by atoms with Gasteiger partial charge in [0, 0.05) is 44.8 Å². The number of aromatic nitrogens is 1. The lowest BCUT2D eigenvalue weighted by Crippen LogP contribution is -2.48. The zero-order chi connectivity index (χ0) is 29.6. The number of amides is 1. The van der Waals surface area contributed by atoms with Gasteiger partial charge in [-0.2, -0.15) is 5.26 Å². The molecule has 2 aliphatic heterocycles. The highest BCUT2D eigenvalue weighted by molar-refractivity contribution is 8.26. The first kappa shape index (κ1) is 29.8. The van der Waals surface area contributed by atoms with Crippen LogP contribution in [0.25, 0.3) is 6.08 Å². The van der Waals surface area contributed by atoms with Gasteiger partial charge in [-0.05, 0) is 36.1 Å². The maximum Gasteiger partial charge on any atom is 0.270 e. The molecule has 5 rings (SSSR count). The number of nitrogens with zero attached hydrogens (tertiary/aromatic N) is 5. The molecular weight excluding hydrogens is 563 g/mol. The fraction of sp³-hybridized carbons (Fsp3) is 0.333. The van der Waals surface area contributed by atoms with Gasteiger partial charge in [-0.15, -0.1) is 0 Å². The largest absolute Gasteiger partial charge is 0.355 e. The summed E-state index contributed by atoms with van der Waals surface area (Å²) < 4.78 is 2.27. The van der Waals surface area contributed by atoms with Gasteiger partial charge in [0.2, 0.25) is 0 Å². The molecule has 0 unspecified atom stereocenters. The van der Waals surface area contributed by atoms with Crippen LogP contribution in [0.1, 0.15) is 47.6 Å². The molecule has 0 N–H and O–H groups in total. The zero-order valence-electron chi connectivity index (χ0n) is 24.1. The van der Waals surface area contributed by atoms with Gasteiger partial charge in [0.15, 0.2) is 0 Å². The van der Waals surface area contributed by atoms with Gasteiger partial charge in [-0.25, -0.2) is 0 Å². The maximum atomic E-state index is 13.6. The molecule has 0 saturated carbocycles. The van der Waals surface area contributed by atoms with E-state index in [2.05, 4.69) is 47.1 Å². The molecule has 0 radical (unpaired) electrons. The second kappa shape index (κ2) is 13.5. The van der Waals surface area contributed by atoms with Gasteiger partial charge < -0.3 is 4.90 Å². The van der Waals surface area contributed by atoms with Crippen molar-refractivity contribution in [3.05, 3.63) is 104 Å². The molecule has 3 heterocycles. The molecule has 1 aromatic heterocycles. The van der Waals surface area contributed by atoms with Crippen molar-refractivity contribution in [3.8, 4) is 6.07 Å². The summed E-state index contributed by atoms with van der Waals surface area (Å²) in [5.41, 5.74) is 3.49. The first-order valence-electron chi connectivity index (χ1n) is 14.4. The van der Waals surface area contributed by atoms with E-state index in [1.165, 1.54) is 17.3 Å². The third-order valence-electron chi connectivity index (χ3n) is 7.84.